The average molecular weight is 368 g/mol. The number of H-pyrrole nitrogens is 1. The van der Waals surface area contributed by atoms with Crippen LogP contribution in [0.1, 0.15) is 13.8 Å². The van der Waals surface area contributed by atoms with Gasteiger partial charge in [-0.25, -0.2) is 9.59 Å². The van der Waals surface area contributed by atoms with Gasteiger partial charge in [-0.3, -0.25) is 23.9 Å². The van der Waals surface area contributed by atoms with Crippen molar-refractivity contribution in [3.05, 3.63) is 33.1 Å². The van der Waals surface area contributed by atoms with Gasteiger partial charge in [-0.05, 0) is 13.8 Å². The maximum Gasteiger partial charge on any atom is 0.328 e. The van der Waals surface area contributed by atoms with Crippen molar-refractivity contribution < 1.29 is 19.5 Å². The van der Waals surface area contributed by atoms with Crippen molar-refractivity contribution in [1.29, 1.82) is 0 Å². The number of hydrogen-bond donors (Lipinski definition) is 3. The van der Waals surface area contributed by atoms with Crippen LogP contribution in [0.5, 0.6) is 0 Å². The maximum absolute atomic E-state index is 12.3. The van der Waals surface area contributed by atoms with Crippen molar-refractivity contribution in [3.8, 4) is 0 Å². The Labute approximate surface area is 145 Å². The summed E-state index contributed by atoms with van der Waals surface area (Å²) in [6.45, 7) is 3.12. The van der Waals surface area contributed by atoms with Crippen LogP contribution in [0.25, 0.3) is 0 Å². The van der Waals surface area contributed by atoms with E-state index < -0.39 is 51.2 Å². The Morgan fingerprint density at radius 3 is 2.64 bits per heavy atom. The number of carbonyl (C=O) groups is 3. The normalized spacial score (nSPS) is 26.7. The van der Waals surface area contributed by atoms with E-state index in [4.69, 9.17) is 0 Å². The molecule has 2 amide bonds. The highest BCUT2D eigenvalue weighted by molar-refractivity contribution is 8.01. The van der Waals surface area contributed by atoms with Crippen LogP contribution < -0.4 is 16.6 Å². The molecular weight excluding hydrogens is 352 g/mol. The topological polar surface area (TPSA) is 142 Å². The van der Waals surface area contributed by atoms with Gasteiger partial charge in [0.15, 0.2) is 0 Å². The van der Waals surface area contributed by atoms with Crippen LogP contribution in [-0.4, -0.2) is 59.5 Å². The molecule has 3 atom stereocenters. The monoisotopic (exact) mass is 368 g/mol. The Bertz CT molecular complexity index is 875. The van der Waals surface area contributed by atoms with E-state index in [2.05, 4.69) is 5.32 Å². The lowest BCUT2D eigenvalue weighted by Crippen LogP contribution is -2.70. The number of β-lactam (4-membered cyclic amide) rings is 1. The fraction of sp³-hybridized carbons (Fsp3) is 0.500. The van der Waals surface area contributed by atoms with E-state index in [1.54, 1.807) is 13.8 Å². The molecule has 1 aromatic rings. The third-order valence-corrected chi connectivity index (χ3v) is 5.77. The number of nitrogens with zero attached hydrogens (tertiary/aromatic N) is 2. The molecule has 3 N–H and O–H groups in total. The first kappa shape index (κ1) is 17.3. The minimum absolute atomic E-state index is 0.359. The molecule has 2 aliphatic rings. The molecule has 1 aromatic heterocycles. The van der Waals surface area contributed by atoms with E-state index in [-0.39, 0.29) is 6.54 Å². The van der Waals surface area contributed by atoms with Crippen LogP contribution in [0.4, 0.5) is 0 Å². The number of nitrogens with one attached hydrogen (secondary N) is 2. The zero-order valence-corrected chi connectivity index (χ0v) is 14.2. The van der Waals surface area contributed by atoms with Gasteiger partial charge in [-0.2, -0.15) is 0 Å². The summed E-state index contributed by atoms with van der Waals surface area (Å²) in [5.41, 5.74) is -1.30. The minimum Gasteiger partial charge on any atom is -0.480 e. The third kappa shape index (κ3) is 2.84. The summed E-state index contributed by atoms with van der Waals surface area (Å²) in [6.07, 6.45) is 1.18. The molecule has 0 aliphatic carbocycles. The Balaban J connectivity index is 1.70. The van der Waals surface area contributed by atoms with Gasteiger partial charge >= 0.3 is 11.7 Å². The third-order valence-electron chi connectivity index (χ3n) is 4.20. The molecule has 2 saturated heterocycles. The van der Waals surface area contributed by atoms with Crippen LogP contribution in [0, 0.1) is 0 Å². The number of carboxylic acid groups (broad SMARTS) is 1. The van der Waals surface area contributed by atoms with Crippen molar-refractivity contribution in [3.63, 3.8) is 0 Å². The van der Waals surface area contributed by atoms with Crippen LogP contribution in [0.15, 0.2) is 21.9 Å². The largest absolute Gasteiger partial charge is 0.480 e. The van der Waals surface area contributed by atoms with Gasteiger partial charge in [0.05, 0.1) is 0 Å². The predicted octanol–water partition coefficient (Wildman–Crippen LogP) is -1.83. The summed E-state index contributed by atoms with van der Waals surface area (Å²) < 4.78 is 0.324. The molecule has 25 heavy (non-hydrogen) atoms. The number of aromatic amines is 1. The number of carboxylic acids is 1. The number of amides is 2. The number of hydrogen-bond acceptors (Lipinski definition) is 6. The fourth-order valence-electron chi connectivity index (χ4n) is 3.09. The SMILES string of the molecule is CC1(C)S[C@@H]2C(NC(=O)Cn3ccc(=O)[nH]c3=O)C(=O)N2[C@H]1C(=O)O. The lowest BCUT2D eigenvalue weighted by Gasteiger charge is -2.43. The molecule has 1 unspecified atom stereocenters. The summed E-state index contributed by atoms with van der Waals surface area (Å²) >= 11 is 1.31. The minimum atomic E-state index is -1.09. The van der Waals surface area contributed by atoms with Crippen LogP contribution in [0.3, 0.4) is 0 Å². The van der Waals surface area contributed by atoms with E-state index in [1.807, 2.05) is 4.98 Å². The number of thioether (sulfide) groups is 1. The second kappa shape index (κ2) is 5.76. The zero-order valence-electron chi connectivity index (χ0n) is 13.4. The van der Waals surface area contributed by atoms with E-state index >= 15 is 0 Å². The molecule has 2 fully saturated rings. The van der Waals surface area contributed by atoms with Gasteiger partial charge in [0, 0.05) is 17.0 Å². The lowest BCUT2D eigenvalue weighted by atomic mass is 9.96. The number of carbonyl (C=O) groups excluding carboxylic acids is 2. The van der Waals surface area contributed by atoms with Gasteiger partial charge in [-0.1, -0.05) is 0 Å². The number of aliphatic carboxylic acids is 1. The van der Waals surface area contributed by atoms with Crippen molar-refractivity contribution in [2.45, 2.75) is 42.6 Å². The van der Waals surface area contributed by atoms with E-state index in [9.17, 15) is 29.1 Å². The van der Waals surface area contributed by atoms with Gasteiger partial charge in [-0.15, -0.1) is 11.8 Å². The Hall–Kier alpha value is -2.56. The van der Waals surface area contributed by atoms with Gasteiger partial charge in [0.2, 0.25) is 11.8 Å². The van der Waals surface area contributed by atoms with Gasteiger partial charge < -0.3 is 15.3 Å². The molecule has 11 heteroatoms. The number of rotatable bonds is 4. The van der Waals surface area contributed by atoms with Gasteiger partial charge in [0.1, 0.15) is 24.0 Å². The quantitative estimate of drug-likeness (QED) is 0.531. The molecule has 0 saturated carbocycles. The van der Waals surface area contributed by atoms with E-state index in [1.165, 1.54) is 22.9 Å². The molecule has 0 aromatic carbocycles. The first-order valence-electron chi connectivity index (χ1n) is 7.44. The highest BCUT2D eigenvalue weighted by Gasteiger charge is 2.64. The predicted molar refractivity (Wildman–Crippen MR) is 87.0 cm³/mol. The highest BCUT2D eigenvalue weighted by Crippen LogP contribution is 2.50. The summed E-state index contributed by atoms with van der Waals surface area (Å²) in [7, 11) is 0. The van der Waals surface area contributed by atoms with E-state index in [0.717, 1.165) is 10.6 Å². The summed E-state index contributed by atoms with van der Waals surface area (Å²) in [5, 5.41) is 11.4. The zero-order chi connectivity index (χ0) is 18.5. The number of fused-ring (bicyclic) bond motifs is 1. The smallest absolute Gasteiger partial charge is 0.328 e. The van der Waals surface area contributed by atoms with E-state index in [0.29, 0.717) is 0 Å². The van der Waals surface area contributed by atoms with Crippen molar-refractivity contribution in [1.82, 2.24) is 19.8 Å². The van der Waals surface area contributed by atoms with Crippen LogP contribution in [0.2, 0.25) is 0 Å². The second-order valence-electron chi connectivity index (χ2n) is 6.38. The maximum atomic E-state index is 12.3. The average Bonchev–Trinajstić information content (AvgIpc) is 2.76. The lowest BCUT2D eigenvalue weighted by molar-refractivity contribution is -0.161. The van der Waals surface area contributed by atoms with Crippen molar-refractivity contribution in [2.75, 3.05) is 0 Å². The van der Waals surface area contributed by atoms with Crippen LogP contribution >= 0.6 is 11.8 Å². The second-order valence-corrected chi connectivity index (χ2v) is 8.15. The van der Waals surface area contributed by atoms with Crippen LogP contribution in [-0.2, 0) is 20.9 Å². The molecule has 0 bridgehead atoms. The van der Waals surface area contributed by atoms with Crippen molar-refractivity contribution in [2.24, 2.45) is 0 Å². The molecule has 0 spiro atoms. The first-order chi connectivity index (χ1) is 11.6. The summed E-state index contributed by atoms with van der Waals surface area (Å²) in [5.74, 6) is -2.13. The molecule has 2 aliphatic heterocycles. The molecule has 3 heterocycles. The Morgan fingerprint density at radius 1 is 1.36 bits per heavy atom. The standard InChI is InChI=1S/C14H16N4O6S/c1-14(2)9(12(22)23)18-10(21)8(11(18)25-14)15-7(20)5-17-4-3-6(19)16-13(17)24/h3-4,8-9,11H,5H2,1-2H3,(H,15,20)(H,22,23)(H,16,19,24)/t8?,9-,11+/m0/s1. The fourth-order valence-corrected chi connectivity index (χ4v) is 4.71. The molecule has 134 valence electrons. The number of aromatic nitrogens is 2. The molecular formula is C14H16N4O6S. The highest BCUT2D eigenvalue weighted by atomic mass is 32.2. The first-order valence-corrected chi connectivity index (χ1v) is 8.32. The summed E-state index contributed by atoms with van der Waals surface area (Å²) in [4.78, 5) is 61.7. The molecule has 10 nitrogen and oxygen atoms in total. The summed E-state index contributed by atoms with van der Waals surface area (Å²) in [6, 6.07) is -0.679. The van der Waals surface area contributed by atoms with Crippen molar-refractivity contribution >= 4 is 29.5 Å². The Kier molecular flexibility index (Phi) is 3.98. The van der Waals surface area contributed by atoms with Gasteiger partial charge in [0.25, 0.3) is 5.56 Å². The molecule has 0 radical (unpaired) electrons. The molecule has 3 rings (SSSR count). The Morgan fingerprint density at radius 2 is 2.04 bits per heavy atom.